The maximum Gasteiger partial charge on any atom is 0.333 e. The molecule has 1 unspecified atom stereocenters. The highest BCUT2D eigenvalue weighted by Crippen LogP contribution is 2.38. The van der Waals surface area contributed by atoms with Gasteiger partial charge in [0, 0.05) is 5.57 Å². The third-order valence-electron chi connectivity index (χ3n) is 4.16. The summed E-state index contributed by atoms with van der Waals surface area (Å²) in [6.07, 6.45) is 5.82. The van der Waals surface area contributed by atoms with Crippen LogP contribution in [0.25, 0.3) is 0 Å². The van der Waals surface area contributed by atoms with Crippen LogP contribution in [0.3, 0.4) is 0 Å². The SMILES string of the molecule is CCOC(=O)C(C)=C1CCCC(C(C)(C)C)CC1. The molecule has 0 aliphatic heterocycles. The molecule has 0 heterocycles. The molecule has 2 heteroatoms. The molecular formula is C16H28O2. The highest BCUT2D eigenvalue weighted by molar-refractivity contribution is 5.88. The van der Waals surface area contributed by atoms with E-state index >= 15 is 0 Å². The quantitative estimate of drug-likeness (QED) is 0.411. The molecule has 104 valence electrons. The first-order chi connectivity index (χ1) is 8.36. The van der Waals surface area contributed by atoms with Gasteiger partial charge in [-0.05, 0) is 57.3 Å². The van der Waals surface area contributed by atoms with Crippen LogP contribution in [0.1, 0.15) is 66.7 Å². The summed E-state index contributed by atoms with van der Waals surface area (Å²) >= 11 is 0. The average Bonchev–Trinajstić information content (AvgIpc) is 2.53. The summed E-state index contributed by atoms with van der Waals surface area (Å²) in [6.45, 7) is 11.2. The van der Waals surface area contributed by atoms with Crippen LogP contribution in [-0.2, 0) is 9.53 Å². The molecular weight excluding hydrogens is 224 g/mol. The predicted molar refractivity (Wildman–Crippen MR) is 75.4 cm³/mol. The number of ether oxygens (including phenoxy) is 1. The Kier molecular flexibility index (Phi) is 5.43. The number of hydrogen-bond acceptors (Lipinski definition) is 2. The lowest BCUT2D eigenvalue weighted by Crippen LogP contribution is -2.19. The van der Waals surface area contributed by atoms with Crippen molar-refractivity contribution in [2.24, 2.45) is 11.3 Å². The van der Waals surface area contributed by atoms with Crippen LogP contribution in [0.4, 0.5) is 0 Å². The van der Waals surface area contributed by atoms with E-state index < -0.39 is 0 Å². The maximum atomic E-state index is 11.8. The van der Waals surface area contributed by atoms with Gasteiger partial charge in [-0.15, -0.1) is 0 Å². The van der Waals surface area contributed by atoms with Crippen molar-refractivity contribution >= 4 is 5.97 Å². The number of hydrogen-bond donors (Lipinski definition) is 0. The fourth-order valence-corrected chi connectivity index (χ4v) is 2.80. The number of allylic oxidation sites excluding steroid dienone is 1. The fourth-order valence-electron chi connectivity index (χ4n) is 2.80. The molecule has 1 atom stereocenters. The van der Waals surface area contributed by atoms with Gasteiger partial charge >= 0.3 is 5.97 Å². The monoisotopic (exact) mass is 252 g/mol. The standard InChI is InChI=1S/C16H28O2/c1-6-18-15(17)12(2)13-8-7-9-14(11-10-13)16(3,4)5/h14H,6-11H2,1-5H3. The van der Waals surface area contributed by atoms with Gasteiger partial charge in [0.2, 0.25) is 0 Å². The molecule has 0 saturated heterocycles. The first-order valence-corrected chi connectivity index (χ1v) is 7.22. The topological polar surface area (TPSA) is 26.3 Å². The van der Waals surface area contributed by atoms with Crippen LogP contribution in [0, 0.1) is 11.3 Å². The maximum absolute atomic E-state index is 11.8. The predicted octanol–water partition coefficient (Wildman–Crippen LogP) is 4.49. The molecule has 0 spiro atoms. The van der Waals surface area contributed by atoms with Gasteiger partial charge in [0.1, 0.15) is 0 Å². The van der Waals surface area contributed by atoms with Gasteiger partial charge in [0.25, 0.3) is 0 Å². The fraction of sp³-hybridized carbons (Fsp3) is 0.812. The minimum absolute atomic E-state index is 0.123. The molecule has 0 radical (unpaired) electrons. The van der Waals surface area contributed by atoms with Gasteiger partial charge in [-0.3, -0.25) is 0 Å². The first kappa shape index (κ1) is 15.3. The van der Waals surface area contributed by atoms with Crippen molar-refractivity contribution in [3.05, 3.63) is 11.1 Å². The zero-order valence-electron chi connectivity index (χ0n) is 12.6. The molecule has 1 aliphatic rings. The van der Waals surface area contributed by atoms with Gasteiger partial charge in [0.05, 0.1) is 6.61 Å². The minimum Gasteiger partial charge on any atom is -0.463 e. The van der Waals surface area contributed by atoms with E-state index in [2.05, 4.69) is 20.8 Å². The van der Waals surface area contributed by atoms with E-state index in [1.807, 2.05) is 13.8 Å². The third-order valence-corrected chi connectivity index (χ3v) is 4.16. The molecule has 1 fully saturated rings. The molecule has 1 saturated carbocycles. The summed E-state index contributed by atoms with van der Waals surface area (Å²) in [5.74, 6) is 0.645. The van der Waals surface area contributed by atoms with E-state index in [9.17, 15) is 4.79 Å². The molecule has 0 amide bonds. The third kappa shape index (κ3) is 4.15. The van der Waals surface area contributed by atoms with Crippen molar-refractivity contribution in [2.45, 2.75) is 66.7 Å². The largest absolute Gasteiger partial charge is 0.463 e. The van der Waals surface area contributed by atoms with Gasteiger partial charge in [-0.1, -0.05) is 26.3 Å². The average molecular weight is 252 g/mol. The minimum atomic E-state index is -0.123. The number of carbonyl (C=O) groups excluding carboxylic acids is 1. The van der Waals surface area contributed by atoms with Crippen LogP contribution in [-0.4, -0.2) is 12.6 Å². The van der Waals surface area contributed by atoms with Crippen molar-refractivity contribution in [1.29, 1.82) is 0 Å². The Bertz CT molecular complexity index is 320. The van der Waals surface area contributed by atoms with E-state index in [4.69, 9.17) is 4.74 Å². The Labute approximate surface area is 112 Å². The second-order valence-corrected chi connectivity index (χ2v) is 6.44. The molecule has 0 aromatic heterocycles. The Balaban J connectivity index is 2.72. The Hall–Kier alpha value is -0.790. The van der Waals surface area contributed by atoms with E-state index in [0.29, 0.717) is 12.0 Å². The van der Waals surface area contributed by atoms with Crippen LogP contribution in [0.15, 0.2) is 11.1 Å². The van der Waals surface area contributed by atoms with E-state index in [1.165, 1.54) is 24.8 Å². The molecule has 0 aromatic carbocycles. The Morgan fingerprint density at radius 1 is 1.28 bits per heavy atom. The smallest absolute Gasteiger partial charge is 0.333 e. The van der Waals surface area contributed by atoms with E-state index in [-0.39, 0.29) is 5.97 Å². The van der Waals surface area contributed by atoms with Gasteiger partial charge in [-0.25, -0.2) is 4.79 Å². The van der Waals surface area contributed by atoms with Crippen LogP contribution in [0.2, 0.25) is 0 Å². The molecule has 0 bridgehead atoms. The van der Waals surface area contributed by atoms with Crippen molar-refractivity contribution in [2.75, 3.05) is 6.61 Å². The molecule has 2 nitrogen and oxygen atoms in total. The Morgan fingerprint density at radius 2 is 1.94 bits per heavy atom. The number of esters is 1. The molecule has 0 N–H and O–H groups in total. The van der Waals surface area contributed by atoms with Gasteiger partial charge < -0.3 is 4.74 Å². The number of carbonyl (C=O) groups is 1. The van der Waals surface area contributed by atoms with Crippen molar-refractivity contribution in [1.82, 2.24) is 0 Å². The van der Waals surface area contributed by atoms with Crippen molar-refractivity contribution in [3.8, 4) is 0 Å². The normalized spacial score (nSPS) is 24.4. The summed E-state index contributed by atoms with van der Waals surface area (Å²) in [5.41, 5.74) is 2.56. The lowest BCUT2D eigenvalue weighted by molar-refractivity contribution is -0.138. The summed E-state index contributed by atoms with van der Waals surface area (Å²) < 4.78 is 5.10. The summed E-state index contributed by atoms with van der Waals surface area (Å²) in [6, 6.07) is 0. The molecule has 18 heavy (non-hydrogen) atoms. The summed E-state index contributed by atoms with van der Waals surface area (Å²) in [4.78, 5) is 11.8. The van der Waals surface area contributed by atoms with Crippen LogP contribution >= 0.6 is 0 Å². The van der Waals surface area contributed by atoms with Gasteiger partial charge in [-0.2, -0.15) is 0 Å². The zero-order chi connectivity index (χ0) is 13.8. The second-order valence-electron chi connectivity index (χ2n) is 6.44. The number of rotatable bonds is 2. The highest BCUT2D eigenvalue weighted by Gasteiger charge is 2.27. The summed E-state index contributed by atoms with van der Waals surface area (Å²) in [7, 11) is 0. The Morgan fingerprint density at radius 3 is 2.50 bits per heavy atom. The molecule has 1 aliphatic carbocycles. The molecule has 1 rings (SSSR count). The van der Waals surface area contributed by atoms with Crippen molar-refractivity contribution in [3.63, 3.8) is 0 Å². The van der Waals surface area contributed by atoms with Gasteiger partial charge in [0.15, 0.2) is 0 Å². The van der Waals surface area contributed by atoms with E-state index in [0.717, 1.165) is 24.3 Å². The van der Waals surface area contributed by atoms with Crippen LogP contribution in [0.5, 0.6) is 0 Å². The highest BCUT2D eigenvalue weighted by atomic mass is 16.5. The first-order valence-electron chi connectivity index (χ1n) is 7.22. The zero-order valence-corrected chi connectivity index (χ0v) is 12.6. The summed E-state index contributed by atoms with van der Waals surface area (Å²) in [5, 5.41) is 0. The van der Waals surface area contributed by atoms with Crippen molar-refractivity contribution < 1.29 is 9.53 Å². The van der Waals surface area contributed by atoms with E-state index in [1.54, 1.807) is 0 Å². The molecule has 0 aromatic rings. The lowest BCUT2D eigenvalue weighted by Gasteiger charge is -2.29. The second kappa shape index (κ2) is 6.40. The lowest BCUT2D eigenvalue weighted by atomic mass is 9.76. The van der Waals surface area contributed by atoms with Crippen LogP contribution < -0.4 is 0 Å².